The fraction of sp³-hybridized carbons (Fsp3) is 0.438. The number of terminal acetylenes is 1. The first-order valence-corrected chi connectivity index (χ1v) is 7.52. The molecule has 0 unspecified atom stereocenters. The van der Waals surface area contributed by atoms with E-state index >= 15 is 0 Å². The van der Waals surface area contributed by atoms with Gasteiger partial charge in [0.05, 0.1) is 11.9 Å². The summed E-state index contributed by atoms with van der Waals surface area (Å²) < 4.78 is 1.64. The summed E-state index contributed by atoms with van der Waals surface area (Å²) in [6.07, 6.45) is 9.09. The van der Waals surface area contributed by atoms with Gasteiger partial charge in [0.2, 0.25) is 0 Å². The van der Waals surface area contributed by atoms with Crippen LogP contribution in [0.3, 0.4) is 0 Å². The highest BCUT2D eigenvalue weighted by Gasteiger charge is 2.38. The molecule has 0 fully saturated rings. The zero-order valence-electron chi connectivity index (χ0n) is 13.2. The third-order valence-corrected chi connectivity index (χ3v) is 3.83. The van der Waals surface area contributed by atoms with Gasteiger partial charge in [-0.25, -0.2) is 9.50 Å². The van der Waals surface area contributed by atoms with Crippen LogP contribution in [-0.4, -0.2) is 32.7 Å². The van der Waals surface area contributed by atoms with Gasteiger partial charge in [0, 0.05) is 25.8 Å². The van der Waals surface area contributed by atoms with Crippen molar-refractivity contribution in [2.45, 2.75) is 38.8 Å². The number of carbonyl (C=O) groups excluding carboxylic acids is 1. The monoisotopic (exact) mass is 310 g/mol. The quantitative estimate of drug-likeness (QED) is 0.829. The van der Waals surface area contributed by atoms with Crippen LogP contribution in [0.1, 0.15) is 41.0 Å². The van der Waals surface area contributed by atoms with Crippen molar-refractivity contribution in [2.75, 3.05) is 6.54 Å². The Bertz CT molecular complexity index is 823. The molecule has 2 aromatic heterocycles. The highest BCUT2D eigenvalue weighted by molar-refractivity contribution is 5.92. The van der Waals surface area contributed by atoms with Crippen LogP contribution >= 0.6 is 0 Å². The van der Waals surface area contributed by atoms with Gasteiger partial charge in [0.25, 0.3) is 5.91 Å². The third kappa shape index (κ3) is 3.21. The van der Waals surface area contributed by atoms with Gasteiger partial charge in [-0.05, 0) is 25.5 Å². The Kier molecular flexibility index (Phi) is 3.82. The molecule has 0 radical (unpaired) electrons. The zero-order chi connectivity index (χ0) is 16.4. The summed E-state index contributed by atoms with van der Waals surface area (Å²) in [4.78, 5) is 16.6. The topological polar surface area (TPSA) is 84.0 Å². The molecule has 1 aliphatic rings. The summed E-state index contributed by atoms with van der Waals surface area (Å²) in [5.41, 5.74) is 2.54. The molecule has 0 aromatic carbocycles. The van der Waals surface area contributed by atoms with Gasteiger partial charge in [0.1, 0.15) is 5.69 Å². The van der Waals surface area contributed by atoms with E-state index in [1.54, 1.807) is 16.8 Å². The molecule has 2 aromatic rings. The van der Waals surface area contributed by atoms with Crippen LogP contribution in [0.5, 0.6) is 0 Å². The summed E-state index contributed by atoms with van der Waals surface area (Å²) in [6.45, 7) is 4.29. The van der Waals surface area contributed by atoms with Gasteiger partial charge in [0.15, 0.2) is 11.3 Å². The van der Waals surface area contributed by atoms with Crippen molar-refractivity contribution in [1.29, 1.82) is 0 Å². The van der Waals surface area contributed by atoms with Gasteiger partial charge in [-0.3, -0.25) is 4.79 Å². The number of aromatic nitrogens is 3. The predicted octanol–water partition coefficient (Wildman–Crippen LogP) is 2.04. The number of rotatable bonds is 6. The average molecular weight is 310 g/mol. The molecule has 0 aliphatic carbocycles. The molecule has 1 amide bonds. The number of carbonyl (C=O) groups is 1. The van der Waals surface area contributed by atoms with E-state index in [0.29, 0.717) is 25.1 Å². The predicted molar refractivity (Wildman–Crippen MR) is 85.1 cm³/mol. The second-order valence-corrected chi connectivity index (χ2v) is 5.76. The minimum Gasteiger partial charge on any atom is -0.350 e. The first kappa shape index (κ1) is 15.2. The largest absolute Gasteiger partial charge is 0.350 e. The van der Waals surface area contributed by atoms with E-state index < -0.39 is 0 Å². The molecule has 7 nitrogen and oxygen atoms in total. The minimum absolute atomic E-state index is 0.214. The SMILES string of the molecule is C#CCCC1(CCNC(=O)c2cc(C)c3nc(C)cn3n2)N=N1. The Morgan fingerprint density at radius 1 is 1.39 bits per heavy atom. The van der Waals surface area contributed by atoms with Crippen molar-refractivity contribution in [3.05, 3.63) is 29.2 Å². The molecular formula is C16H18N6O. The van der Waals surface area contributed by atoms with Crippen LogP contribution in [0.4, 0.5) is 0 Å². The van der Waals surface area contributed by atoms with Crippen LogP contribution in [0, 0.1) is 26.2 Å². The Labute approximate surface area is 134 Å². The summed E-state index contributed by atoms with van der Waals surface area (Å²) in [5, 5.41) is 15.3. The first-order valence-electron chi connectivity index (χ1n) is 7.52. The van der Waals surface area contributed by atoms with Gasteiger partial charge in [-0.1, -0.05) is 0 Å². The van der Waals surface area contributed by atoms with E-state index in [9.17, 15) is 4.79 Å². The van der Waals surface area contributed by atoms with E-state index in [0.717, 1.165) is 23.3 Å². The van der Waals surface area contributed by atoms with E-state index in [4.69, 9.17) is 6.42 Å². The molecule has 118 valence electrons. The molecule has 3 heterocycles. The molecule has 1 aliphatic heterocycles. The summed E-state index contributed by atoms with van der Waals surface area (Å²) >= 11 is 0. The number of amides is 1. The maximum atomic E-state index is 12.3. The zero-order valence-corrected chi connectivity index (χ0v) is 13.2. The standard InChI is InChI=1S/C16H18N6O/c1-4-5-6-16(20-21-16)7-8-17-15(23)13-9-11(2)14-18-12(3)10-22(14)19-13/h1,9-10H,5-8H2,2-3H3,(H,17,23). The first-order chi connectivity index (χ1) is 11.0. The van der Waals surface area contributed by atoms with Crippen molar-refractivity contribution in [3.63, 3.8) is 0 Å². The molecule has 7 heteroatoms. The normalized spacial score (nSPS) is 14.7. The second kappa shape index (κ2) is 5.80. The Hall–Kier alpha value is -2.75. The number of nitrogens with one attached hydrogen (secondary N) is 1. The van der Waals surface area contributed by atoms with Gasteiger partial charge in [-0.2, -0.15) is 15.3 Å². The number of nitrogens with zero attached hydrogens (tertiary/aromatic N) is 5. The summed E-state index contributed by atoms with van der Waals surface area (Å²) in [5.74, 6) is 2.37. The molecule has 0 bridgehead atoms. The lowest BCUT2D eigenvalue weighted by molar-refractivity contribution is 0.0945. The van der Waals surface area contributed by atoms with Crippen molar-refractivity contribution >= 4 is 11.6 Å². The van der Waals surface area contributed by atoms with E-state index in [1.807, 2.05) is 13.8 Å². The van der Waals surface area contributed by atoms with Crippen LogP contribution in [0.2, 0.25) is 0 Å². The van der Waals surface area contributed by atoms with Crippen molar-refractivity contribution < 1.29 is 4.79 Å². The molecule has 0 atom stereocenters. The van der Waals surface area contributed by atoms with Gasteiger partial charge >= 0.3 is 0 Å². The number of imidazole rings is 1. The highest BCUT2D eigenvalue weighted by Crippen LogP contribution is 2.36. The molecule has 0 spiro atoms. The van der Waals surface area contributed by atoms with Gasteiger partial charge < -0.3 is 5.32 Å². The summed E-state index contributed by atoms with van der Waals surface area (Å²) in [6, 6.07) is 1.75. The van der Waals surface area contributed by atoms with E-state index in [1.165, 1.54) is 0 Å². The van der Waals surface area contributed by atoms with Gasteiger partial charge in [-0.15, -0.1) is 12.3 Å². The van der Waals surface area contributed by atoms with E-state index in [-0.39, 0.29) is 11.6 Å². The van der Waals surface area contributed by atoms with E-state index in [2.05, 4.69) is 31.5 Å². The number of aryl methyl sites for hydroxylation is 2. The third-order valence-electron chi connectivity index (χ3n) is 3.83. The molecule has 23 heavy (non-hydrogen) atoms. The molecule has 0 saturated carbocycles. The lowest BCUT2D eigenvalue weighted by Gasteiger charge is -2.10. The number of hydrogen-bond donors (Lipinski definition) is 1. The molecule has 1 N–H and O–H groups in total. The van der Waals surface area contributed by atoms with Crippen LogP contribution < -0.4 is 5.32 Å². The fourth-order valence-corrected chi connectivity index (χ4v) is 2.49. The maximum Gasteiger partial charge on any atom is 0.271 e. The Morgan fingerprint density at radius 3 is 2.87 bits per heavy atom. The van der Waals surface area contributed by atoms with Crippen molar-refractivity contribution in [1.82, 2.24) is 19.9 Å². The van der Waals surface area contributed by atoms with Crippen molar-refractivity contribution in [3.8, 4) is 12.3 Å². The molecule has 0 saturated heterocycles. The maximum absolute atomic E-state index is 12.3. The molecule has 3 rings (SSSR count). The van der Waals surface area contributed by atoms with Crippen LogP contribution in [-0.2, 0) is 0 Å². The second-order valence-electron chi connectivity index (χ2n) is 5.76. The van der Waals surface area contributed by atoms with Crippen LogP contribution in [0.25, 0.3) is 5.65 Å². The lowest BCUT2D eigenvalue weighted by atomic mass is 10.0. The average Bonchev–Trinajstić information content (AvgIpc) is 3.18. The minimum atomic E-state index is -0.381. The Balaban J connectivity index is 1.61. The fourth-order valence-electron chi connectivity index (χ4n) is 2.49. The Morgan fingerprint density at radius 2 is 2.17 bits per heavy atom. The number of hydrogen-bond acceptors (Lipinski definition) is 5. The summed E-state index contributed by atoms with van der Waals surface area (Å²) in [7, 11) is 0. The number of fused-ring (bicyclic) bond motifs is 1. The smallest absolute Gasteiger partial charge is 0.271 e. The highest BCUT2D eigenvalue weighted by atomic mass is 16.1. The van der Waals surface area contributed by atoms with Crippen molar-refractivity contribution in [2.24, 2.45) is 10.2 Å². The lowest BCUT2D eigenvalue weighted by Crippen LogP contribution is -2.29. The van der Waals surface area contributed by atoms with Crippen LogP contribution in [0.15, 0.2) is 22.5 Å². The molecular weight excluding hydrogens is 292 g/mol.